The molecule has 1 saturated carbocycles. The maximum absolute atomic E-state index is 11.3. The van der Waals surface area contributed by atoms with Gasteiger partial charge in [-0.25, -0.2) is 4.79 Å². The van der Waals surface area contributed by atoms with Crippen molar-refractivity contribution >= 4 is 11.9 Å². The quantitative estimate of drug-likeness (QED) is 0.789. The van der Waals surface area contributed by atoms with Crippen molar-refractivity contribution in [3.63, 3.8) is 0 Å². The highest BCUT2D eigenvalue weighted by Gasteiger charge is 2.28. The van der Waals surface area contributed by atoms with E-state index in [1.807, 2.05) is 6.08 Å². The number of rotatable bonds is 3. The van der Waals surface area contributed by atoms with Gasteiger partial charge in [0.1, 0.15) is 12.4 Å². The van der Waals surface area contributed by atoms with Crippen molar-refractivity contribution in [3.05, 3.63) is 23.8 Å². The molecule has 1 fully saturated rings. The molecule has 0 unspecified atom stereocenters. The number of Topliss-reactive ketones (excluding diaryl/α,β-unsaturated/α-hetero) is 1. The average molecular weight is 221 g/mol. The van der Waals surface area contributed by atoms with Crippen molar-refractivity contribution in [1.82, 2.24) is 5.32 Å². The van der Waals surface area contributed by atoms with Crippen LogP contribution < -0.4 is 5.32 Å². The second kappa shape index (κ2) is 4.96. The molecule has 0 spiro atoms. The molecule has 4 nitrogen and oxygen atoms in total. The van der Waals surface area contributed by atoms with Gasteiger partial charge >= 0.3 is 6.09 Å². The Morgan fingerprint density at radius 2 is 2.25 bits per heavy atom. The van der Waals surface area contributed by atoms with E-state index in [1.165, 1.54) is 0 Å². The molecule has 4 heteroatoms. The van der Waals surface area contributed by atoms with Crippen molar-refractivity contribution in [3.8, 4) is 0 Å². The monoisotopic (exact) mass is 221 g/mol. The Morgan fingerprint density at radius 3 is 2.88 bits per heavy atom. The van der Waals surface area contributed by atoms with Crippen LogP contribution in [0.3, 0.4) is 0 Å². The Bertz CT molecular complexity index is 349. The fraction of sp³-hybridized carbons (Fsp3) is 0.500. The van der Waals surface area contributed by atoms with Crippen molar-refractivity contribution in [2.45, 2.75) is 31.7 Å². The smallest absolute Gasteiger partial charge is 0.407 e. The van der Waals surface area contributed by atoms with Gasteiger partial charge in [0.2, 0.25) is 0 Å². The summed E-state index contributed by atoms with van der Waals surface area (Å²) in [4.78, 5) is 22.0. The Kier molecular flexibility index (Phi) is 3.39. The molecule has 86 valence electrons. The Labute approximate surface area is 94.3 Å². The molecule has 2 aliphatic carbocycles. The number of amides is 1. The molecule has 1 amide bonds. The van der Waals surface area contributed by atoms with Gasteiger partial charge in [0, 0.05) is 18.9 Å². The molecule has 0 radical (unpaired) electrons. The molecular weight excluding hydrogens is 206 g/mol. The summed E-state index contributed by atoms with van der Waals surface area (Å²) in [7, 11) is 0. The van der Waals surface area contributed by atoms with Gasteiger partial charge in [-0.2, -0.15) is 0 Å². The topological polar surface area (TPSA) is 55.4 Å². The van der Waals surface area contributed by atoms with Crippen LogP contribution in [0.1, 0.15) is 25.7 Å². The molecule has 0 heterocycles. The van der Waals surface area contributed by atoms with Gasteiger partial charge in [0.15, 0.2) is 0 Å². The maximum atomic E-state index is 11.3. The van der Waals surface area contributed by atoms with Crippen LogP contribution in [0.2, 0.25) is 0 Å². The predicted molar refractivity (Wildman–Crippen MR) is 59.0 cm³/mol. The number of hydrogen-bond donors (Lipinski definition) is 1. The normalized spacial score (nSPS) is 20.0. The molecule has 0 bridgehead atoms. The Hall–Kier alpha value is -1.58. The molecule has 16 heavy (non-hydrogen) atoms. The number of nitrogens with one attached hydrogen (secondary N) is 1. The van der Waals surface area contributed by atoms with Gasteiger partial charge in [0.25, 0.3) is 0 Å². The number of carbonyl (C=O) groups excluding carboxylic acids is 2. The molecule has 0 atom stereocenters. The first kappa shape index (κ1) is 10.9. The fourth-order valence-corrected chi connectivity index (χ4v) is 1.72. The highest BCUT2D eigenvalue weighted by Crippen LogP contribution is 2.14. The van der Waals surface area contributed by atoms with Crippen LogP contribution in [0.25, 0.3) is 0 Å². The van der Waals surface area contributed by atoms with E-state index in [9.17, 15) is 9.59 Å². The predicted octanol–water partition coefficient (Wildman–Crippen LogP) is 1.72. The summed E-state index contributed by atoms with van der Waals surface area (Å²) in [6.07, 6.45) is 8.63. The van der Waals surface area contributed by atoms with E-state index in [-0.39, 0.29) is 11.8 Å². The highest BCUT2D eigenvalue weighted by molar-refractivity contribution is 5.87. The minimum atomic E-state index is -0.433. The number of alkyl carbamates (subject to hydrolysis) is 1. The Morgan fingerprint density at radius 1 is 1.44 bits per heavy atom. The summed E-state index contributed by atoms with van der Waals surface area (Å²) in [5.41, 5.74) is 1.03. The van der Waals surface area contributed by atoms with Gasteiger partial charge in [-0.05, 0) is 18.4 Å². The van der Waals surface area contributed by atoms with Gasteiger partial charge in [-0.15, -0.1) is 0 Å². The second-order valence-electron chi connectivity index (χ2n) is 4.12. The fourth-order valence-electron chi connectivity index (χ4n) is 1.72. The summed E-state index contributed by atoms with van der Waals surface area (Å²) < 4.78 is 5.04. The number of hydrogen-bond acceptors (Lipinski definition) is 3. The van der Waals surface area contributed by atoms with Crippen LogP contribution in [0, 0.1) is 0 Å². The van der Waals surface area contributed by atoms with E-state index in [4.69, 9.17) is 4.74 Å². The van der Waals surface area contributed by atoms with Crippen LogP contribution in [-0.4, -0.2) is 24.5 Å². The molecule has 0 aliphatic heterocycles. The first-order valence-electron chi connectivity index (χ1n) is 5.54. The van der Waals surface area contributed by atoms with Gasteiger partial charge < -0.3 is 10.1 Å². The lowest BCUT2D eigenvalue weighted by molar-refractivity contribution is -0.124. The van der Waals surface area contributed by atoms with Crippen LogP contribution in [0.4, 0.5) is 4.79 Å². The molecule has 1 N–H and O–H groups in total. The standard InChI is InChI=1S/C12H15NO3/c14-11-6-10(7-11)13-12(15)16-8-9-4-2-1-3-5-9/h2,4-5,10H,1,3,6-8H2,(H,13,15). The van der Waals surface area contributed by atoms with Crippen LogP contribution in [-0.2, 0) is 9.53 Å². The molecule has 0 aromatic rings. The summed E-state index contributed by atoms with van der Waals surface area (Å²) in [6.45, 7) is 0.309. The van der Waals surface area contributed by atoms with E-state index in [0.717, 1.165) is 18.4 Å². The first-order chi connectivity index (χ1) is 7.74. The number of ether oxygens (including phenoxy) is 1. The molecule has 0 aromatic carbocycles. The van der Waals surface area contributed by atoms with E-state index < -0.39 is 6.09 Å². The lowest BCUT2D eigenvalue weighted by Crippen LogP contribution is -2.44. The van der Waals surface area contributed by atoms with Gasteiger partial charge in [-0.1, -0.05) is 18.2 Å². The highest BCUT2D eigenvalue weighted by atomic mass is 16.5. The minimum Gasteiger partial charge on any atom is -0.445 e. The lowest BCUT2D eigenvalue weighted by atomic mass is 9.92. The van der Waals surface area contributed by atoms with Crippen molar-refractivity contribution in [1.29, 1.82) is 0 Å². The maximum Gasteiger partial charge on any atom is 0.407 e. The second-order valence-corrected chi connectivity index (χ2v) is 4.12. The summed E-state index contributed by atoms with van der Waals surface area (Å²) in [5.74, 6) is 0.197. The van der Waals surface area contributed by atoms with Crippen LogP contribution in [0.5, 0.6) is 0 Å². The first-order valence-corrected chi connectivity index (χ1v) is 5.54. The zero-order chi connectivity index (χ0) is 11.4. The van der Waals surface area contributed by atoms with E-state index in [1.54, 1.807) is 0 Å². The molecule has 2 aliphatic rings. The lowest BCUT2D eigenvalue weighted by Gasteiger charge is -2.24. The third kappa shape index (κ3) is 2.95. The summed E-state index contributed by atoms with van der Waals surface area (Å²) in [6, 6.07) is -0.0177. The van der Waals surface area contributed by atoms with Crippen molar-refractivity contribution in [2.75, 3.05) is 6.61 Å². The third-order valence-corrected chi connectivity index (χ3v) is 2.71. The molecule has 2 rings (SSSR count). The van der Waals surface area contributed by atoms with Gasteiger partial charge in [0.05, 0.1) is 0 Å². The van der Waals surface area contributed by atoms with Gasteiger partial charge in [-0.3, -0.25) is 4.79 Å². The van der Waals surface area contributed by atoms with Crippen molar-refractivity contribution < 1.29 is 14.3 Å². The zero-order valence-corrected chi connectivity index (χ0v) is 9.07. The number of ketones is 1. The van der Waals surface area contributed by atoms with E-state index in [2.05, 4.69) is 17.5 Å². The number of carbonyl (C=O) groups is 2. The summed E-state index contributed by atoms with van der Waals surface area (Å²) in [5, 5.41) is 2.65. The molecule has 0 saturated heterocycles. The SMILES string of the molecule is O=C1CC(NC(=O)OCC2=CCCC=C2)C1. The molecule has 0 aromatic heterocycles. The zero-order valence-electron chi connectivity index (χ0n) is 9.07. The van der Waals surface area contributed by atoms with Crippen LogP contribution >= 0.6 is 0 Å². The van der Waals surface area contributed by atoms with E-state index >= 15 is 0 Å². The largest absolute Gasteiger partial charge is 0.445 e. The third-order valence-electron chi connectivity index (χ3n) is 2.71. The molecular formula is C12H15NO3. The number of allylic oxidation sites excluding steroid dienone is 2. The minimum absolute atomic E-state index is 0.0177. The van der Waals surface area contributed by atoms with E-state index in [0.29, 0.717) is 19.4 Å². The Balaban J connectivity index is 1.65. The van der Waals surface area contributed by atoms with Crippen molar-refractivity contribution in [2.24, 2.45) is 0 Å². The summed E-state index contributed by atoms with van der Waals surface area (Å²) >= 11 is 0. The average Bonchev–Trinajstić information content (AvgIpc) is 2.26. The van der Waals surface area contributed by atoms with Crippen LogP contribution in [0.15, 0.2) is 23.8 Å².